The van der Waals surface area contributed by atoms with E-state index in [0.717, 1.165) is 15.8 Å². The molecule has 4 amide bonds. The number of nitrogens with zero attached hydrogens (tertiary/aromatic N) is 4. The van der Waals surface area contributed by atoms with Crippen LogP contribution in [0, 0.1) is 5.95 Å². The average molecular weight is 826 g/mol. The van der Waals surface area contributed by atoms with Crippen molar-refractivity contribution in [2.24, 2.45) is 0 Å². The lowest BCUT2D eigenvalue weighted by Crippen LogP contribution is -2.54. The Bertz CT molecular complexity index is 2260. The summed E-state index contributed by atoms with van der Waals surface area (Å²) in [4.78, 5) is 66.3. The largest absolute Gasteiger partial charge is 0.491 e. The van der Waals surface area contributed by atoms with Crippen LogP contribution in [0.4, 0.5) is 10.2 Å². The summed E-state index contributed by atoms with van der Waals surface area (Å²) in [6.45, 7) is 4.72. The van der Waals surface area contributed by atoms with Crippen molar-refractivity contribution >= 4 is 40.3 Å². The molecule has 4 aromatic heterocycles. The van der Waals surface area contributed by atoms with Crippen LogP contribution in [-0.2, 0) is 33.3 Å². The van der Waals surface area contributed by atoms with E-state index in [1.807, 2.05) is 12.1 Å². The Balaban J connectivity index is 0.657. The number of halogens is 1. The lowest BCUT2D eigenvalue weighted by molar-refractivity contribution is -0.136. The number of ether oxygens (including phenoxy) is 6. The number of hydrogen-bond acceptors (Lipinski definition) is 14. The zero-order valence-corrected chi connectivity index (χ0v) is 32.7. The van der Waals surface area contributed by atoms with Gasteiger partial charge in [0.1, 0.15) is 24.2 Å². The summed E-state index contributed by atoms with van der Waals surface area (Å²) in [5.41, 5.74) is 3.40. The average Bonchev–Trinajstić information content (AvgIpc) is 3.80. The van der Waals surface area contributed by atoms with E-state index < -0.39 is 35.6 Å². The summed E-state index contributed by atoms with van der Waals surface area (Å²) < 4.78 is 48.4. The standard InChI is InChI=1S/C42H44FN7O10/c43-39-30(4-5-33(48-39)34-23-27-9-10-44-26-35(27)47-34)28-1-7-37(46-25-28)45-11-12-55-13-14-56-15-16-57-17-18-58-19-20-59-21-22-60-29-2-3-31-32(24-29)42(54)50(41(31)53)36-6-8-38(51)49-40(36)52/h1-5,7,9-10,23-26,36,47H,6,8,11-22H2,(H,45,46)(H,49,51,52). The van der Waals surface area contributed by atoms with Gasteiger partial charge in [0.05, 0.1) is 100 Å². The Hall–Kier alpha value is -6.18. The molecule has 0 bridgehead atoms. The van der Waals surface area contributed by atoms with Gasteiger partial charge in [-0.25, -0.2) is 9.97 Å². The number of piperidine rings is 1. The summed E-state index contributed by atoms with van der Waals surface area (Å²) >= 11 is 0. The predicted molar refractivity (Wildman–Crippen MR) is 214 cm³/mol. The molecule has 1 saturated heterocycles. The number of H-pyrrole nitrogens is 1. The highest BCUT2D eigenvalue weighted by Crippen LogP contribution is 2.31. The fraction of sp³-hybridized carbons (Fsp3) is 0.357. The van der Waals surface area contributed by atoms with Gasteiger partial charge in [-0.2, -0.15) is 4.39 Å². The minimum Gasteiger partial charge on any atom is -0.491 e. The second-order valence-electron chi connectivity index (χ2n) is 13.6. The van der Waals surface area contributed by atoms with Crippen LogP contribution < -0.4 is 15.4 Å². The van der Waals surface area contributed by atoms with E-state index in [2.05, 4.69) is 30.6 Å². The van der Waals surface area contributed by atoms with Crippen LogP contribution in [-0.4, -0.2) is 134 Å². The second kappa shape index (κ2) is 20.7. The van der Waals surface area contributed by atoms with Crippen molar-refractivity contribution < 1.29 is 52.0 Å². The minimum atomic E-state index is -1.02. The molecule has 1 aromatic carbocycles. The molecular weight excluding hydrogens is 781 g/mol. The highest BCUT2D eigenvalue weighted by molar-refractivity contribution is 6.23. The van der Waals surface area contributed by atoms with Gasteiger partial charge in [-0.05, 0) is 61.0 Å². The highest BCUT2D eigenvalue weighted by Gasteiger charge is 2.44. The van der Waals surface area contributed by atoms with Crippen LogP contribution in [0.25, 0.3) is 33.4 Å². The number of fused-ring (bicyclic) bond motifs is 2. The number of aromatic nitrogens is 4. The molecule has 314 valence electrons. The first kappa shape index (κ1) is 42.0. The number of carbonyl (C=O) groups is 4. The fourth-order valence-corrected chi connectivity index (χ4v) is 6.56. The first-order valence-corrected chi connectivity index (χ1v) is 19.5. The first-order chi connectivity index (χ1) is 29.4. The molecule has 2 aliphatic heterocycles. The Morgan fingerprint density at radius 1 is 0.733 bits per heavy atom. The summed E-state index contributed by atoms with van der Waals surface area (Å²) in [7, 11) is 0. The van der Waals surface area contributed by atoms with Gasteiger partial charge < -0.3 is 38.7 Å². The Kier molecular flexibility index (Phi) is 14.5. The van der Waals surface area contributed by atoms with Crippen molar-refractivity contribution in [3.05, 3.63) is 90.3 Å². The number of nitrogens with one attached hydrogen (secondary N) is 3. The van der Waals surface area contributed by atoms with Crippen molar-refractivity contribution in [1.29, 1.82) is 0 Å². The highest BCUT2D eigenvalue weighted by atomic mass is 19.1. The van der Waals surface area contributed by atoms with Gasteiger partial charge in [-0.3, -0.25) is 34.4 Å². The molecule has 17 nitrogen and oxygen atoms in total. The van der Waals surface area contributed by atoms with E-state index in [1.54, 1.807) is 48.9 Å². The molecule has 7 rings (SSSR count). The van der Waals surface area contributed by atoms with E-state index >= 15 is 0 Å². The number of anilines is 1. The van der Waals surface area contributed by atoms with Crippen LogP contribution >= 0.6 is 0 Å². The van der Waals surface area contributed by atoms with Crippen molar-refractivity contribution in [2.45, 2.75) is 18.9 Å². The number of hydrogen-bond donors (Lipinski definition) is 3. The molecular formula is C42H44FN7O10. The number of aromatic amines is 1. The fourth-order valence-electron chi connectivity index (χ4n) is 6.56. The van der Waals surface area contributed by atoms with E-state index in [0.29, 0.717) is 100 Å². The maximum Gasteiger partial charge on any atom is 0.262 e. The van der Waals surface area contributed by atoms with Gasteiger partial charge in [0.15, 0.2) is 0 Å². The maximum absolute atomic E-state index is 15.0. The van der Waals surface area contributed by atoms with Crippen LogP contribution in [0.2, 0.25) is 0 Å². The van der Waals surface area contributed by atoms with Gasteiger partial charge in [0.25, 0.3) is 11.8 Å². The van der Waals surface area contributed by atoms with Gasteiger partial charge in [0.2, 0.25) is 17.8 Å². The molecule has 18 heteroatoms. The molecule has 2 aliphatic rings. The predicted octanol–water partition coefficient (Wildman–Crippen LogP) is 3.80. The molecule has 0 aliphatic carbocycles. The first-order valence-electron chi connectivity index (χ1n) is 19.5. The zero-order chi connectivity index (χ0) is 41.7. The van der Waals surface area contributed by atoms with Crippen molar-refractivity contribution in [2.75, 3.05) is 84.5 Å². The maximum atomic E-state index is 15.0. The zero-order valence-electron chi connectivity index (χ0n) is 32.7. The number of carbonyl (C=O) groups excluding carboxylic acids is 4. The Morgan fingerprint density at radius 3 is 2.08 bits per heavy atom. The lowest BCUT2D eigenvalue weighted by atomic mass is 10.0. The molecule has 1 fully saturated rings. The molecule has 0 spiro atoms. The molecule has 0 saturated carbocycles. The van der Waals surface area contributed by atoms with E-state index in [-0.39, 0.29) is 37.2 Å². The summed E-state index contributed by atoms with van der Waals surface area (Å²) in [6, 6.07) is 14.4. The molecule has 3 N–H and O–H groups in total. The number of imide groups is 2. The number of rotatable bonds is 23. The molecule has 1 unspecified atom stereocenters. The van der Waals surface area contributed by atoms with Crippen LogP contribution in [0.15, 0.2) is 73.2 Å². The second-order valence-corrected chi connectivity index (χ2v) is 13.6. The van der Waals surface area contributed by atoms with Crippen molar-refractivity contribution in [3.8, 4) is 28.3 Å². The summed E-state index contributed by atoms with van der Waals surface area (Å²) in [6.07, 6.45) is 5.18. The smallest absolute Gasteiger partial charge is 0.262 e. The molecule has 0 radical (unpaired) electrons. The van der Waals surface area contributed by atoms with Crippen molar-refractivity contribution in [3.63, 3.8) is 0 Å². The van der Waals surface area contributed by atoms with Gasteiger partial charge in [0, 0.05) is 41.9 Å². The number of amides is 4. The third-order valence-electron chi connectivity index (χ3n) is 9.57. The topological polar surface area (TPSA) is 205 Å². The Labute approximate surface area is 343 Å². The minimum absolute atomic E-state index is 0.0555. The lowest BCUT2D eigenvalue weighted by Gasteiger charge is -2.27. The quantitative estimate of drug-likeness (QED) is 0.0487. The molecule has 1 atom stereocenters. The Morgan fingerprint density at radius 2 is 1.42 bits per heavy atom. The number of pyridine rings is 3. The van der Waals surface area contributed by atoms with Gasteiger partial charge in [-0.15, -0.1) is 0 Å². The van der Waals surface area contributed by atoms with Crippen molar-refractivity contribution in [1.82, 2.24) is 30.2 Å². The summed E-state index contributed by atoms with van der Waals surface area (Å²) in [5.74, 6) is -1.80. The molecule has 5 aromatic rings. The number of benzene rings is 1. The van der Waals surface area contributed by atoms with Crippen LogP contribution in [0.1, 0.15) is 33.6 Å². The third kappa shape index (κ3) is 10.7. The molecule has 6 heterocycles. The van der Waals surface area contributed by atoms with Crippen LogP contribution in [0.3, 0.4) is 0 Å². The SMILES string of the molecule is O=C1CCC(N2C(=O)c3ccc(OCCOCCOCCOCCOCCOCCNc4ccc(-c5ccc(-c6cc7ccncc7[nH]6)nc5F)cn4)cc3C2=O)C(=O)N1. The van der Waals surface area contributed by atoms with E-state index in [4.69, 9.17) is 28.4 Å². The van der Waals surface area contributed by atoms with E-state index in [9.17, 15) is 23.6 Å². The third-order valence-corrected chi connectivity index (χ3v) is 9.57. The monoisotopic (exact) mass is 825 g/mol. The summed E-state index contributed by atoms with van der Waals surface area (Å²) in [5, 5.41) is 6.34. The molecule has 60 heavy (non-hydrogen) atoms. The normalized spacial score (nSPS) is 15.2. The van der Waals surface area contributed by atoms with Crippen LogP contribution in [0.5, 0.6) is 5.75 Å². The van der Waals surface area contributed by atoms with E-state index in [1.165, 1.54) is 12.1 Å². The van der Waals surface area contributed by atoms with Gasteiger partial charge >= 0.3 is 0 Å². The van der Waals surface area contributed by atoms with Gasteiger partial charge in [-0.1, -0.05) is 0 Å².